The largest absolute Gasteiger partial charge is 0.493 e. The van der Waals surface area contributed by atoms with E-state index in [1.165, 1.54) is 11.1 Å². The van der Waals surface area contributed by atoms with Crippen LogP contribution in [0.2, 0.25) is 0 Å². The van der Waals surface area contributed by atoms with Crippen molar-refractivity contribution in [1.29, 1.82) is 0 Å². The second kappa shape index (κ2) is 9.76. The Kier molecular flexibility index (Phi) is 6.17. The molecule has 6 rings (SSSR count). The van der Waals surface area contributed by atoms with Gasteiger partial charge in [0.15, 0.2) is 5.69 Å². The number of nitrogens with one attached hydrogen (secondary N) is 1. The van der Waals surface area contributed by atoms with E-state index in [0.717, 1.165) is 65.9 Å². The van der Waals surface area contributed by atoms with Crippen molar-refractivity contribution < 1.29 is 14.6 Å². The normalized spacial score (nSPS) is 14.9. The molecule has 0 unspecified atom stereocenters. The van der Waals surface area contributed by atoms with E-state index < -0.39 is 0 Å². The summed E-state index contributed by atoms with van der Waals surface area (Å²) in [6.07, 6.45) is 1.75. The molecule has 2 aliphatic rings. The molecule has 0 bridgehead atoms. The first-order valence-electron chi connectivity index (χ1n) is 12.6. The van der Waals surface area contributed by atoms with Crippen molar-refractivity contribution in [3.05, 3.63) is 94.3 Å². The molecule has 7 heteroatoms. The zero-order valence-corrected chi connectivity index (χ0v) is 20.2. The molecule has 4 aromatic rings. The predicted octanol–water partition coefficient (Wildman–Crippen LogP) is 3.45. The molecule has 0 spiro atoms. The molecular formula is C29H30N4O3. The standard InChI is InChI=1S/C29H30N4O3/c34-15-14-33-26-11-13-32(18-23-9-4-7-21-12-16-36-28(21)23)19-25(26)27(31-33)29(35)30-17-22-8-3-6-20-5-1-2-10-24(20)22/h1-10,34H,11-19H2,(H,30,35). The highest BCUT2D eigenvalue weighted by Crippen LogP contribution is 2.32. The number of nitrogens with zero attached hydrogens (tertiary/aromatic N) is 3. The van der Waals surface area contributed by atoms with E-state index in [1.807, 2.05) is 28.9 Å². The number of rotatable bonds is 7. The monoisotopic (exact) mass is 482 g/mol. The molecule has 0 atom stereocenters. The van der Waals surface area contributed by atoms with E-state index in [2.05, 4.69) is 51.7 Å². The van der Waals surface area contributed by atoms with E-state index in [1.54, 1.807) is 0 Å². The zero-order valence-electron chi connectivity index (χ0n) is 20.2. The third-order valence-corrected chi connectivity index (χ3v) is 7.25. The lowest BCUT2D eigenvalue weighted by molar-refractivity contribution is 0.0942. The molecule has 36 heavy (non-hydrogen) atoms. The second-order valence-corrected chi connectivity index (χ2v) is 9.51. The fourth-order valence-corrected chi connectivity index (χ4v) is 5.50. The SMILES string of the molecule is O=C(NCc1cccc2ccccc12)c1nn(CCO)c2c1CN(Cc1cccc3c1OCC3)CC2. The number of aliphatic hydroxyl groups excluding tert-OH is 1. The summed E-state index contributed by atoms with van der Waals surface area (Å²) < 4.78 is 7.72. The Balaban J connectivity index is 1.23. The number of aliphatic hydroxyl groups is 1. The van der Waals surface area contributed by atoms with E-state index in [0.29, 0.717) is 25.3 Å². The van der Waals surface area contributed by atoms with Gasteiger partial charge >= 0.3 is 0 Å². The molecule has 7 nitrogen and oxygen atoms in total. The summed E-state index contributed by atoms with van der Waals surface area (Å²) in [5, 5.41) is 19.6. The minimum atomic E-state index is -0.179. The molecular weight excluding hydrogens is 452 g/mol. The highest BCUT2D eigenvalue weighted by atomic mass is 16.5. The average Bonchev–Trinajstić information content (AvgIpc) is 3.53. The summed E-state index contributed by atoms with van der Waals surface area (Å²) in [6.45, 7) is 3.82. The second-order valence-electron chi connectivity index (χ2n) is 9.51. The molecule has 3 aromatic carbocycles. The summed E-state index contributed by atoms with van der Waals surface area (Å²) in [6, 6.07) is 20.7. The van der Waals surface area contributed by atoms with E-state index in [-0.39, 0.29) is 12.5 Å². The number of amides is 1. The number of hydrogen-bond donors (Lipinski definition) is 2. The van der Waals surface area contributed by atoms with Crippen LogP contribution in [0.4, 0.5) is 0 Å². The van der Waals surface area contributed by atoms with Gasteiger partial charge in [-0.3, -0.25) is 14.4 Å². The molecule has 0 saturated heterocycles. The van der Waals surface area contributed by atoms with Crippen LogP contribution in [0.1, 0.15) is 38.4 Å². The van der Waals surface area contributed by atoms with Crippen LogP contribution in [0.25, 0.3) is 10.8 Å². The molecule has 0 aliphatic carbocycles. The molecule has 0 saturated carbocycles. The smallest absolute Gasteiger partial charge is 0.272 e. The van der Waals surface area contributed by atoms with Gasteiger partial charge in [0.25, 0.3) is 5.91 Å². The third kappa shape index (κ3) is 4.25. The summed E-state index contributed by atoms with van der Waals surface area (Å²) in [7, 11) is 0. The van der Waals surface area contributed by atoms with Crippen molar-refractivity contribution in [2.45, 2.75) is 39.0 Å². The molecule has 184 valence electrons. The van der Waals surface area contributed by atoms with Crippen molar-refractivity contribution in [2.24, 2.45) is 0 Å². The van der Waals surface area contributed by atoms with E-state index in [9.17, 15) is 9.90 Å². The Bertz CT molecular complexity index is 1420. The Labute approximate surface area is 210 Å². The number of fused-ring (bicyclic) bond motifs is 3. The quantitative estimate of drug-likeness (QED) is 0.422. The molecule has 0 radical (unpaired) electrons. The maximum atomic E-state index is 13.4. The van der Waals surface area contributed by atoms with Crippen molar-refractivity contribution in [2.75, 3.05) is 19.8 Å². The van der Waals surface area contributed by atoms with Gasteiger partial charge in [0.1, 0.15) is 5.75 Å². The highest BCUT2D eigenvalue weighted by molar-refractivity contribution is 5.94. The number of carbonyl (C=O) groups is 1. The van der Waals surface area contributed by atoms with E-state index in [4.69, 9.17) is 4.74 Å². The number of para-hydroxylation sites is 1. The molecule has 1 aromatic heterocycles. The summed E-state index contributed by atoms with van der Waals surface area (Å²) in [4.78, 5) is 15.7. The number of carbonyl (C=O) groups excluding carboxylic acids is 1. The Morgan fingerprint density at radius 3 is 2.78 bits per heavy atom. The lowest BCUT2D eigenvalue weighted by atomic mass is 10.0. The lowest BCUT2D eigenvalue weighted by Crippen LogP contribution is -2.32. The van der Waals surface area contributed by atoms with Crippen molar-refractivity contribution in [3.8, 4) is 5.75 Å². The van der Waals surface area contributed by atoms with Crippen LogP contribution in [0.5, 0.6) is 5.75 Å². The summed E-state index contributed by atoms with van der Waals surface area (Å²) in [5.74, 6) is 0.842. The fourth-order valence-electron chi connectivity index (χ4n) is 5.50. The minimum absolute atomic E-state index is 0.0115. The van der Waals surface area contributed by atoms with Gasteiger partial charge in [-0.1, -0.05) is 60.7 Å². The van der Waals surface area contributed by atoms with E-state index >= 15 is 0 Å². The lowest BCUT2D eigenvalue weighted by Gasteiger charge is -2.28. The van der Waals surface area contributed by atoms with Gasteiger partial charge in [0, 0.05) is 55.8 Å². The first-order chi connectivity index (χ1) is 17.7. The van der Waals surface area contributed by atoms with Crippen LogP contribution < -0.4 is 10.1 Å². The van der Waals surface area contributed by atoms with Crippen molar-refractivity contribution in [1.82, 2.24) is 20.0 Å². The Morgan fingerprint density at radius 2 is 1.86 bits per heavy atom. The van der Waals surface area contributed by atoms with Crippen LogP contribution in [-0.4, -0.2) is 45.5 Å². The van der Waals surface area contributed by atoms with Gasteiger partial charge in [-0.15, -0.1) is 0 Å². The van der Waals surface area contributed by atoms with Crippen LogP contribution in [0.15, 0.2) is 60.7 Å². The van der Waals surface area contributed by atoms with Gasteiger partial charge < -0.3 is 15.2 Å². The number of benzene rings is 3. The van der Waals surface area contributed by atoms with Gasteiger partial charge in [0.2, 0.25) is 0 Å². The van der Waals surface area contributed by atoms with Gasteiger partial charge in [-0.05, 0) is 21.9 Å². The van der Waals surface area contributed by atoms with Crippen LogP contribution in [-0.2, 0) is 39.0 Å². The minimum Gasteiger partial charge on any atom is -0.493 e. The Hall–Kier alpha value is -3.68. The molecule has 3 heterocycles. The number of hydrogen-bond acceptors (Lipinski definition) is 5. The predicted molar refractivity (Wildman–Crippen MR) is 138 cm³/mol. The molecule has 2 N–H and O–H groups in total. The molecule has 1 amide bonds. The number of ether oxygens (including phenoxy) is 1. The van der Waals surface area contributed by atoms with Gasteiger partial charge in [-0.25, -0.2) is 0 Å². The van der Waals surface area contributed by atoms with Gasteiger partial charge in [-0.2, -0.15) is 5.10 Å². The fraction of sp³-hybridized carbons (Fsp3) is 0.310. The molecule has 2 aliphatic heterocycles. The highest BCUT2D eigenvalue weighted by Gasteiger charge is 2.29. The van der Waals surface area contributed by atoms with Crippen LogP contribution in [0, 0.1) is 0 Å². The first kappa shape index (κ1) is 22.8. The van der Waals surface area contributed by atoms with Gasteiger partial charge in [0.05, 0.1) is 19.8 Å². The maximum absolute atomic E-state index is 13.4. The topological polar surface area (TPSA) is 79.6 Å². The maximum Gasteiger partial charge on any atom is 0.272 e. The summed E-state index contributed by atoms with van der Waals surface area (Å²) in [5.41, 5.74) is 6.00. The summed E-state index contributed by atoms with van der Waals surface area (Å²) >= 11 is 0. The van der Waals surface area contributed by atoms with Crippen LogP contribution >= 0.6 is 0 Å². The Morgan fingerprint density at radius 1 is 1.03 bits per heavy atom. The molecule has 0 fully saturated rings. The van der Waals surface area contributed by atoms with Crippen LogP contribution in [0.3, 0.4) is 0 Å². The zero-order chi connectivity index (χ0) is 24.5. The number of aromatic nitrogens is 2. The van der Waals surface area contributed by atoms with Crippen molar-refractivity contribution >= 4 is 16.7 Å². The third-order valence-electron chi connectivity index (χ3n) is 7.25. The van der Waals surface area contributed by atoms with Crippen molar-refractivity contribution in [3.63, 3.8) is 0 Å². The first-order valence-corrected chi connectivity index (χ1v) is 12.6. The average molecular weight is 483 g/mol.